The number of hydrogen-bond donors (Lipinski definition) is 1. The predicted octanol–water partition coefficient (Wildman–Crippen LogP) is 2.66. The van der Waals surface area contributed by atoms with Crippen molar-refractivity contribution in [2.45, 2.75) is 58.4 Å². The van der Waals surface area contributed by atoms with E-state index in [0.717, 1.165) is 18.5 Å². The molecule has 0 radical (unpaired) electrons. The molecule has 3 unspecified atom stereocenters. The fourth-order valence-electron chi connectivity index (χ4n) is 3.76. The molecule has 1 aliphatic heterocycles. The van der Waals surface area contributed by atoms with Gasteiger partial charge in [-0.25, -0.2) is 0 Å². The van der Waals surface area contributed by atoms with E-state index in [0.29, 0.717) is 6.61 Å². The SMILES string of the molecule is CC1CCCC(CO)(CN2CCCC2C)C1. The van der Waals surface area contributed by atoms with Crippen LogP contribution in [0.1, 0.15) is 52.4 Å². The minimum Gasteiger partial charge on any atom is -0.396 e. The molecule has 94 valence electrons. The van der Waals surface area contributed by atoms with Crippen LogP contribution in [0.5, 0.6) is 0 Å². The van der Waals surface area contributed by atoms with Gasteiger partial charge >= 0.3 is 0 Å². The van der Waals surface area contributed by atoms with Gasteiger partial charge in [-0.05, 0) is 45.1 Å². The highest BCUT2D eigenvalue weighted by Gasteiger charge is 2.37. The van der Waals surface area contributed by atoms with Crippen LogP contribution in [0.3, 0.4) is 0 Å². The largest absolute Gasteiger partial charge is 0.396 e. The van der Waals surface area contributed by atoms with Crippen LogP contribution in [0, 0.1) is 11.3 Å². The van der Waals surface area contributed by atoms with Gasteiger partial charge in [0.1, 0.15) is 0 Å². The summed E-state index contributed by atoms with van der Waals surface area (Å²) in [6.45, 7) is 7.45. The summed E-state index contributed by atoms with van der Waals surface area (Å²) in [6.07, 6.45) is 7.82. The highest BCUT2D eigenvalue weighted by molar-refractivity contribution is 4.90. The third-order valence-corrected chi connectivity index (χ3v) is 4.75. The Morgan fingerprint density at radius 2 is 2.06 bits per heavy atom. The Morgan fingerprint density at radius 1 is 1.25 bits per heavy atom. The minimum absolute atomic E-state index is 0.219. The third-order valence-electron chi connectivity index (χ3n) is 4.75. The van der Waals surface area contributed by atoms with Gasteiger partial charge in [-0.1, -0.05) is 19.8 Å². The summed E-state index contributed by atoms with van der Waals surface area (Å²) < 4.78 is 0. The summed E-state index contributed by atoms with van der Waals surface area (Å²) in [5.74, 6) is 0.804. The van der Waals surface area contributed by atoms with Crippen molar-refractivity contribution in [3.8, 4) is 0 Å². The van der Waals surface area contributed by atoms with E-state index in [1.165, 1.54) is 45.1 Å². The fraction of sp³-hybridized carbons (Fsp3) is 1.00. The molecule has 1 saturated carbocycles. The van der Waals surface area contributed by atoms with E-state index in [9.17, 15) is 5.11 Å². The van der Waals surface area contributed by atoms with E-state index in [1.807, 2.05) is 0 Å². The molecule has 2 rings (SSSR count). The normalized spacial score (nSPS) is 41.4. The summed E-state index contributed by atoms with van der Waals surface area (Å²) in [6, 6.07) is 0.737. The molecule has 2 heteroatoms. The lowest BCUT2D eigenvalue weighted by atomic mass is 9.70. The Balaban J connectivity index is 1.97. The van der Waals surface area contributed by atoms with Crippen molar-refractivity contribution in [1.29, 1.82) is 0 Å². The van der Waals surface area contributed by atoms with Crippen LogP contribution in [0.4, 0.5) is 0 Å². The van der Waals surface area contributed by atoms with Gasteiger partial charge in [-0.3, -0.25) is 0 Å². The van der Waals surface area contributed by atoms with E-state index in [-0.39, 0.29) is 5.41 Å². The maximum atomic E-state index is 9.78. The average molecular weight is 225 g/mol. The first kappa shape index (κ1) is 12.4. The lowest BCUT2D eigenvalue weighted by Gasteiger charge is -2.42. The van der Waals surface area contributed by atoms with Gasteiger partial charge in [0.05, 0.1) is 0 Å². The maximum Gasteiger partial charge on any atom is 0.0499 e. The Hall–Kier alpha value is -0.0800. The molecule has 0 aromatic heterocycles. The maximum absolute atomic E-state index is 9.78. The molecule has 2 fully saturated rings. The first-order valence-corrected chi connectivity index (χ1v) is 7.00. The van der Waals surface area contributed by atoms with E-state index >= 15 is 0 Å². The number of aliphatic hydroxyl groups excluding tert-OH is 1. The number of nitrogens with zero attached hydrogens (tertiary/aromatic N) is 1. The number of rotatable bonds is 3. The van der Waals surface area contributed by atoms with Crippen LogP contribution in [0.15, 0.2) is 0 Å². The standard InChI is InChI=1S/C14H27NO/c1-12-5-3-7-14(9-12,11-16)10-15-8-4-6-13(15)2/h12-13,16H,3-11H2,1-2H3. The molecule has 0 aromatic rings. The van der Waals surface area contributed by atoms with Crippen molar-refractivity contribution in [3.63, 3.8) is 0 Å². The molecular weight excluding hydrogens is 198 g/mol. The van der Waals surface area contributed by atoms with Crippen molar-refractivity contribution in [2.75, 3.05) is 19.7 Å². The third kappa shape index (κ3) is 2.60. The van der Waals surface area contributed by atoms with Gasteiger partial charge in [0.25, 0.3) is 0 Å². The molecular formula is C14H27NO. The number of hydrogen-bond acceptors (Lipinski definition) is 2. The molecule has 0 spiro atoms. The van der Waals surface area contributed by atoms with Crippen molar-refractivity contribution in [1.82, 2.24) is 4.90 Å². The summed E-state index contributed by atoms with van der Waals surface area (Å²) in [5, 5.41) is 9.78. The Kier molecular flexibility index (Phi) is 3.91. The topological polar surface area (TPSA) is 23.5 Å². The Morgan fingerprint density at radius 3 is 2.62 bits per heavy atom. The van der Waals surface area contributed by atoms with Crippen molar-refractivity contribution in [3.05, 3.63) is 0 Å². The zero-order valence-electron chi connectivity index (χ0n) is 10.9. The van der Waals surface area contributed by atoms with Crippen LogP contribution in [0.25, 0.3) is 0 Å². The van der Waals surface area contributed by atoms with Crippen molar-refractivity contribution >= 4 is 0 Å². The monoisotopic (exact) mass is 225 g/mol. The summed E-state index contributed by atoms with van der Waals surface area (Å²) in [4.78, 5) is 2.61. The van der Waals surface area contributed by atoms with Gasteiger partial charge in [-0.15, -0.1) is 0 Å². The Labute approximate surface area is 100 Å². The molecule has 1 N–H and O–H groups in total. The lowest BCUT2D eigenvalue weighted by Crippen LogP contribution is -2.44. The molecule has 0 aromatic carbocycles. The first-order valence-electron chi connectivity index (χ1n) is 7.00. The van der Waals surface area contributed by atoms with Gasteiger partial charge in [-0.2, -0.15) is 0 Å². The minimum atomic E-state index is 0.219. The molecule has 3 atom stereocenters. The molecule has 2 nitrogen and oxygen atoms in total. The highest BCUT2D eigenvalue weighted by Crippen LogP contribution is 2.40. The van der Waals surface area contributed by atoms with Crippen LogP contribution in [-0.4, -0.2) is 35.7 Å². The fourth-order valence-corrected chi connectivity index (χ4v) is 3.76. The molecule has 0 bridgehead atoms. The van der Waals surface area contributed by atoms with Gasteiger partial charge in [0, 0.05) is 24.6 Å². The molecule has 16 heavy (non-hydrogen) atoms. The van der Waals surface area contributed by atoms with E-state index in [2.05, 4.69) is 18.7 Å². The smallest absolute Gasteiger partial charge is 0.0499 e. The summed E-state index contributed by atoms with van der Waals surface area (Å²) in [5.41, 5.74) is 0.219. The lowest BCUT2D eigenvalue weighted by molar-refractivity contribution is 0.0221. The molecule has 1 saturated heterocycles. The first-order chi connectivity index (χ1) is 7.65. The second-order valence-corrected chi connectivity index (χ2v) is 6.32. The molecule has 1 heterocycles. The number of aliphatic hydroxyl groups is 1. The quantitative estimate of drug-likeness (QED) is 0.798. The Bertz CT molecular complexity index is 231. The van der Waals surface area contributed by atoms with Gasteiger partial charge in [0.2, 0.25) is 0 Å². The van der Waals surface area contributed by atoms with Gasteiger partial charge < -0.3 is 10.0 Å². The van der Waals surface area contributed by atoms with Crippen LogP contribution >= 0.6 is 0 Å². The van der Waals surface area contributed by atoms with Crippen molar-refractivity contribution < 1.29 is 5.11 Å². The second kappa shape index (κ2) is 5.05. The average Bonchev–Trinajstić information content (AvgIpc) is 2.64. The number of likely N-dealkylation sites (tertiary alicyclic amines) is 1. The van der Waals surface area contributed by atoms with Crippen molar-refractivity contribution in [2.24, 2.45) is 11.3 Å². The predicted molar refractivity (Wildman–Crippen MR) is 67.4 cm³/mol. The van der Waals surface area contributed by atoms with E-state index in [1.54, 1.807) is 0 Å². The zero-order chi connectivity index (χ0) is 11.6. The van der Waals surface area contributed by atoms with Gasteiger partial charge in [0.15, 0.2) is 0 Å². The zero-order valence-corrected chi connectivity index (χ0v) is 10.9. The molecule has 0 amide bonds. The van der Waals surface area contributed by atoms with E-state index < -0.39 is 0 Å². The van der Waals surface area contributed by atoms with Crippen LogP contribution < -0.4 is 0 Å². The molecule has 1 aliphatic carbocycles. The summed E-state index contributed by atoms with van der Waals surface area (Å²) >= 11 is 0. The van der Waals surface area contributed by atoms with E-state index in [4.69, 9.17) is 0 Å². The summed E-state index contributed by atoms with van der Waals surface area (Å²) in [7, 11) is 0. The highest BCUT2D eigenvalue weighted by atomic mass is 16.3. The van der Waals surface area contributed by atoms with Crippen LogP contribution in [0.2, 0.25) is 0 Å². The molecule has 2 aliphatic rings. The van der Waals surface area contributed by atoms with Crippen LogP contribution in [-0.2, 0) is 0 Å². The second-order valence-electron chi connectivity index (χ2n) is 6.32.